The number of nitrogens with zero attached hydrogens (tertiary/aromatic N) is 2. The van der Waals surface area contributed by atoms with Crippen molar-refractivity contribution < 1.29 is 9.50 Å². The Labute approximate surface area is 116 Å². The van der Waals surface area contributed by atoms with Gasteiger partial charge in [0, 0.05) is 24.0 Å². The third kappa shape index (κ3) is 4.09. The summed E-state index contributed by atoms with van der Waals surface area (Å²) in [6.45, 7) is 3.08. The molecule has 0 amide bonds. The highest BCUT2D eigenvalue weighted by atomic mass is 32.1. The summed E-state index contributed by atoms with van der Waals surface area (Å²) < 4.78 is 12.9. The Morgan fingerprint density at radius 1 is 1.37 bits per heavy atom. The van der Waals surface area contributed by atoms with E-state index in [1.807, 2.05) is 17.3 Å². The maximum absolute atomic E-state index is 12.9. The summed E-state index contributed by atoms with van der Waals surface area (Å²) in [6.07, 6.45) is -0.347. The molecule has 102 valence electrons. The first-order chi connectivity index (χ1) is 9.04. The molecule has 1 N–H and O–H groups in total. The van der Waals surface area contributed by atoms with E-state index in [4.69, 9.17) is 0 Å². The number of thiazole rings is 1. The molecule has 0 radical (unpaired) electrons. The summed E-state index contributed by atoms with van der Waals surface area (Å²) in [5, 5.41) is 12.2. The van der Waals surface area contributed by atoms with Crippen LogP contribution in [0, 0.1) is 5.82 Å². The Kier molecular flexibility index (Phi) is 4.63. The summed E-state index contributed by atoms with van der Waals surface area (Å²) in [5.41, 5.74) is 1.89. The van der Waals surface area contributed by atoms with Crippen LogP contribution < -0.4 is 0 Å². The van der Waals surface area contributed by atoms with E-state index in [0.717, 1.165) is 16.3 Å². The highest BCUT2D eigenvalue weighted by Crippen LogP contribution is 2.24. The van der Waals surface area contributed by atoms with Gasteiger partial charge in [0.2, 0.25) is 0 Å². The minimum Gasteiger partial charge on any atom is -0.392 e. The van der Waals surface area contributed by atoms with Gasteiger partial charge in [0.15, 0.2) is 0 Å². The van der Waals surface area contributed by atoms with Crippen LogP contribution in [-0.2, 0) is 6.54 Å². The molecule has 1 aromatic carbocycles. The molecule has 2 rings (SSSR count). The van der Waals surface area contributed by atoms with E-state index in [9.17, 15) is 9.50 Å². The van der Waals surface area contributed by atoms with Gasteiger partial charge in [-0.25, -0.2) is 9.37 Å². The van der Waals surface area contributed by atoms with Gasteiger partial charge in [-0.05, 0) is 38.2 Å². The topological polar surface area (TPSA) is 36.4 Å². The van der Waals surface area contributed by atoms with E-state index < -0.39 is 0 Å². The molecular formula is C14H17FN2OS. The lowest BCUT2D eigenvalue weighted by molar-refractivity contribution is 0.138. The molecule has 0 saturated carbocycles. The Morgan fingerprint density at radius 3 is 2.68 bits per heavy atom. The highest BCUT2D eigenvalue weighted by Gasteiger charge is 2.08. The van der Waals surface area contributed by atoms with Gasteiger partial charge in [-0.2, -0.15) is 0 Å². The molecule has 0 aliphatic rings. The first kappa shape index (κ1) is 14.1. The quantitative estimate of drug-likeness (QED) is 0.915. The molecule has 0 bridgehead atoms. The average molecular weight is 280 g/mol. The average Bonchev–Trinajstić information content (AvgIpc) is 2.77. The van der Waals surface area contributed by atoms with Gasteiger partial charge in [0.05, 0.1) is 11.8 Å². The van der Waals surface area contributed by atoms with Crippen molar-refractivity contribution in [1.82, 2.24) is 9.88 Å². The van der Waals surface area contributed by atoms with E-state index in [-0.39, 0.29) is 11.9 Å². The van der Waals surface area contributed by atoms with Gasteiger partial charge >= 0.3 is 0 Å². The number of aliphatic hydroxyl groups is 1. The maximum atomic E-state index is 12.9. The number of aliphatic hydroxyl groups excluding tert-OH is 1. The van der Waals surface area contributed by atoms with Gasteiger partial charge in [-0.1, -0.05) is 0 Å². The molecule has 0 aliphatic heterocycles. The van der Waals surface area contributed by atoms with Gasteiger partial charge in [0.25, 0.3) is 0 Å². The SMILES string of the molecule is C[C@H](O)CN(C)Cc1csc(-c2ccc(F)cc2)n1. The molecular weight excluding hydrogens is 263 g/mol. The van der Waals surface area contributed by atoms with Crippen LogP contribution in [0.25, 0.3) is 10.6 Å². The van der Waals surface area contributed by atoms with Gasteiger partial charge < -0.3 is 5.11 Å². The zero-order chi connectivity index (χ0) is 13.8. The zero-order valence-corrected chi connectivity index (χ0v) is 11.8. The molecule has 1 aromatic heterocycles. The fourth-order valence-electron chi connectivity index (χ4n) is 1.90. The Morgan fingerprint density at radius 2 is 2.05 bits per heavy atom. The molecule has 0 saturated heterocycles. The summed E-state index contributed by atoms with van der Waals surface area (Å²) >= 11 is 1.55. The molecule has 3 nitrogen and oxygen atoms in total. The van der Waals surface area contributed by atoms with Gasteiger partial charge in [-0.3, -0.25) is 4.90 Å². The number of hydrogen-bond donors (Lipinski definition) is 1. The fraction of sp³-hybridized carbons (Fsp3) is 0.357. The van der Waals surface area contributed by atoms with Crippen LogP contribution in [0.3, 0.4) is 0 Å². The van der Waals surface area contributed by atoms with E-state index in [2.05, 4.69) is 4.98 Å². The van der Waals surface area contributed by atoms with E-state index in [0.29, 0.717) is 13.1 Å². The smallest absolute Gasteiger partial charge is 0.123 e. The van der Waals surface area contributed by atoms with Gasteiger partial charge in [-0.15, -0.1) is 11.3 Å². The Balaban J connectivity index is 2.04. The molecule has 0 aliphatic carbocycles. The molecule has 0 unspecified atom stereocenters. The lowest BCUT2D eigenvalue weighted by atomic mass is 10.2. The first-order valence-electron chi connectivity index (χ1n) is 6.11. The van der Waals surface area contributed by atoms with Crippen molar-refractivity contribution in [3.63, 3.8) is 0 Å². The normalized spacial score (nSPS) is 12.9. The van der Waals surface area contributed by atoms with E-state index in [1.165, 1.54) is 12.1 Å². The summed E-state index contributed by atoms with van der Waals surface area (Å²) in [4.78, 5) is 6.55. The monoisotopic (exact) mass is 280 g/mol. The Bertz CT molecular complexity index is 524. The van der Waals surface area contributed by atoms with Crippen LogP contribution in [0.1, 0.15) is 12.6 Å². The standard InChI is InChI=1S/C14H17FN2OS/c1-10(18)7-17(2)8-13-9-19-14(16-13)11-3-5-12(15)6-4-11/h3-6,9-10,18H,7-8H2,1-2H3/t10-/m0/s1. The second-order valence-corrected chi connectivity index (χ2v) is 5.55. The lowest BCUT2D eigenvalue weighted by Crippen LogP contribution is -2.26. The lowest BCUT2D eigenvalue weighted by Gasteiger charge is -2.16. The van der Waals surface area contributed by atoms with Crippen molar-refractivity contribution >= 4 is 11.3 Å². The summed E-state index contributed by atoms with van der Waals surface area (Å²) in [5.74, 6) is -0.239. The fourth-order valence-corrected chi connectivity index (χ4v) is 2.71. The second-order valence-electron chi connectivity index (χ2n) is 4.70. The predicted octanol–water partition coefficient (Wildman–Crippen LogP) is 2.76. The summed E-state index contributed by atoms with van der Waals surface area (Å²) in [7, 11) is 1.95. The van der Waals surface area contributed by atoms with Crippen LogP contribution in [0.5, 0.6) is 0 Å². The molecule has 0 spiro atoms. The molecule has 19 heavy (non-hydrogen) atoms. The minimum absolute atomic E-state index is 0.239. The molecule has 1 atom stereocenters. The molecule has 5 heteroatoms. The minimum atomic E-state index is -0.347. The van der Waals surface area contributed by atoms with Crippen LogP contribution in [0.4, 0.5) is 4.39 Å². The highest BCUT2D eigenvalue weighted by molar-refractivity contribution is 7.13. The number of rotatable bonds is 5. The third-order valence-electron chi connectivity index (χ3n) is 2.65. The largest absolute Gasteiger partial charge is 0.392 e. The molecule has 2 aromatic rings. The van der Waals surface area contributed by atoms with Crippen LogP contribution in [-0.4, -0.2) is 34.7 Å². The zero-order valence-electron chi connectivity index (χ0n) is 11.0. The van der Waals surface area contributed by atoms with Crippen LogP contribution in [0.15, 0.2) is 29.6 Å². The number of benzene rings is 1. The number of hydrogen-bond acceptors (Lipinski definition) is 4. The van der Waals surface area contributed by atoms with Crippen molar-refractivity contribution in [2.45, 2.75) is 19.6 Å². The van der Waals surface area contributed by atoms with Gasteiger partial charge in [0.1, 0.15) is 10.8 Å². The van der Waals surface area contributed by atoms with Crippen molar-refractivity contribution in [1.29, 1.82) is 0 Å². The van der Waals surface area contributed by atoms with E-state index >= 15 is 0 Å². The molecule has 1 heterocycles. The second kappa shape index (κ2) is 6.23. The van der Waals surface area contributed by atoms with Crippen LogP contribution in [0.2, 0.25) is 0 Å². The Hall–Kier alpha value is -1.30. The van der Waals surface area contributed by atoms with Crippen molar-refractivity contribution in [3.05, 3.63) is 41.2 Å². The third-order valence-corrected chi connectivity index (χ3v) is 3.59. The number of aromatic nitrogens is 1. The van der Waals surface area contributed by atoms with Crippen molar-refractivity contribution in [2.75, 3.05) is 13.6 Å². The number of likely N-dealkylation sites (N-methyl/N-ethyl adjacent to an activating group) is 1. The number of halogens is 1. The van der Waals surface area contributed by atoms with Crippen molar-refractivity contribution in [2.24, 2.45) is 0 Å². The predicted molar refractivity (Wildman–Crippen MR) is 75.5 cm³/mol. The summed E-state index contributed by atoms with van der Waals surface area (Å²) in [6, 6.07) is 6.35. The maximum Gasteiger partial charge on any atom is 0.123 e. The van der Waals surface area contributed by atoms with E-state index in [1.54, 1.807) is 30.4 Å². The first-order valence-corrected chi connectivity index (χ1v) is 6.99. The molecule has 0 fully saturated rings. The van der Waals surface area contributed by atoms with Crippen LogP contribution >= 0.6 is 11.3 Å². The van der Waals surface area contributed by atoms with Crippen molar-refractivity contribution in [3.8, 4) is 10.6 Å².